The summed E-state index contributed by atoms with van der Waals surface area (Å²) < 4.78 is 3.94. The molecule has 0 atom stereocenters. The third kappa shape index (κ3) is 4.62. The largest absolute Gasteiger partial charge is 0.307 e. The lowest BCUT2D eigenvalue weighted by Crippen LogP contribution is -2.19. The van der Waals surface area contributed by atoms with Crippen LogP contribution >= 0.6 is 39.1 Å². The highest BCUT2D eigenvalue weighted by Gasteiger charge is 2.12. The number of nitrogens with one attached hydrogen (secondary N) is 1. The lowest BCUT2D eigenvalue weighted by Gasteiger charge is -2.05. The molecule has 0 spiro atoms. The Morgan fingerprint density at radius 1 is 1.24 bits per heavy atom. The van der Waals surface area contributed by atoms with E-state index in [-0.39, 0.29) is 12.5 Å². The molecule has 2 aromatic heterocycles. The zero-order valence-corrected chi connectivity index (χ0v) is 16.3. The van der Waals surface area contributed by atoms with Gasteiger partial charge < -0.3 is 5.32 Å². The third-order valence-corrected chi connectivity index (χ3v) is 4.57. The zero-order chi connectivity index (χ0) is 18.0. The second-order valence-corrected chi connectivity index (χ2v) is 7.16. The SMILES string of the molecule is Cc1ccn(CC(=O)Nc2nn(Cc3ccc(Cl)cc3Cl)cc2Br)n1. The number of anilines is 1. The van der Waals surface area contributed by atoms with Crippen LogP contribution in [0.3, 0.4) is 0 Å². The summed E-state index contributed by atoms with van der Waals surface area (Å²) in [5.74, 6) is 0.234. The second kappa shape index (κ2) is 7.59. The van der Waals surface area contributed by atoms with Crippen LogP contribution < -0.4 is 5.32 Å². The molecule has 3 aromatic rings. The van der Waals surface area contributed by atoms with Gasteiger partial charge in [-0.3, -0.25) is 14.2 Å². The molecule has 0 unspecified atom stereocenters. The van der Waals surface area contributed by atoms with Gasteiger partial charge in [-0.15, -0.1) is 0 Å². The highest BCUT2D eigenvalue weighted by molar-refractivity contribution is 9.10. The molecule has 3 rings (SSSR count). The van der Waals surface area contributed by atoms with Gasteiger partial charge in [0.1, 0.15) is 6.54 Å². The van der Waals surface area contributed by atoms with E-state index in [1.165, 1.54) is 0 Å². The molecule has 130 valence electrons. The van der Waals surface area contributed by atoms with Gasteiger partial charge in [0, 0.05) is 22.4 Å². The minimum Gasteiger partial charge on any atom is -0.307 e. The first-order valence-electron chi connectivity index (χ1n) is 7.37. The van der Waals surface area contributed by atoms with Crippen LogP contribution in [0.15, 0.2) is 41.1 Å². The molecule has 0 radical (unpaired) electrons. The molecule has 1 amide bonds. The Morgan fingerprint density at radius 3 is 2.72 bits per heavy atom. The van der Waals surface area contributed by atoms with E-state index in [0.29, 0.717) is 26.9 Å². The van der Waals surface area contributed by atoms with E-state index >= 15 is 0 Å². The van der Waals surface area contributed by atoms with E-state index in [0.717, 1.165) is 11.3 Å². The van der Waals surface area contributed by atoms with E-state index in [2.05, 4.69) is 31.4 Å². The quantitative estimate of drug-likeness (QED) is 0.645. The van der Waals surface area contributed by atoms with E-state index in [9.17, 15) is 4.79 Å². The Balaban J connectivity index is 1.68. The number of rotatable bonds is 5. The molecule has 6 nitrogen and oxygen atoms in total. The minimum absolute atomic E-state index is 0.121. The molecule has 1 N–H and O–H groups in total. The summed E-state index contributed by atoms with van der Waals surface area (Å²) in [6.45, 7) is 2.45. The molecule has 0 fully saturated rings. The number of hydrogen-bond acceptors (Lipinski definition) is 3. The second-order valence-electron chi connectivity index (χ2n) is 5.46. The van der Waals surface area contributed by atoms with Crippen molar-refractivity contribution < 1.29 is 4.79 Å². The summed E-state index contributed by atoms with van der Waals surface area (Å²) in [5, 5.41) is 12.5. The van der Waals surface area contributed by atoms with Crippen LogP contribution in [0.2, 0.25) is 10.0 Å². The first kappa shape index (κ1) is 18.0. The maximum absolute atomic E-state index is 12.1. The maximum Gasteiger partial charge on any atom is 0.247 e. The van der Waals surface area contributed by atoms with Crippen LogP contribution in [-0.4, -0.2) is 25.5 Å². The molecule has 0 aliphatic rings. The third-order valence-electron chi connectivity index (χ3n) is 3.40. The average Bonchev–Trinajstić information content (AvgIpc) is 3.08. The normalized spacial score (nSPS) is 10.9. The van der Waals surface area contributed by atoms with Crippen LogP contribution in [-0.2, 0) is 17.9 Å². The fourth-order valence-electron chi connectivity index (χ4n) is 2.26. The van der Waals surface area contributed by atoms with Crippen LogP contribution in [0.4, 0.5) is 5.82 Å². The first-order valence-corrected chi connectivity index (χ1v) is 8.92. The van der Waals surface area contributed by atoms with E-state index in [1.54, 1.807) is 33.9 Å². The van der Waals surface area contributed by atoms with Crippen LogP contribution in [0.1, 0.15) is 11.3 Å². The molecule has 0 aliphatic heterocycles. The number of halogens is 3. The molecular weight excluding hydrogens is 429 g/mol. The molecule has 9 heteroatoms. The van der Waals surface area contributed by atoms with Crippen LogP contribution in [0, 0.1) is 6.92 Å². The van der Waals surface area contributed by atoms with Gasteiger partial charge in [-0.2, -0.15) is 10.2 Å². The molecule has 0 aliphatic carbocycles. The predicted octanol–water partition coefficient (Wildman–Crippen LogP) is 4.14. The Labute approximate surface area is 162 Å². The van der Waals surface area contributed by atoms with Crippen molar-refractivity contribution in [2.75, 3.05) is 5.32 Å². The molecule has 25 heavy (non-hydrogen) atoms. The van der Waals surface area contributed by atoms with Crippen molar-refractivity contribution in [2.45, 2.75) is 20.0 Å². The van der Waals surface area contributed by atoms with Gasteiger partial charge in [0.2, 0.25) is 5.91 Å². The fraction of sp³-hybridized carbons (Fsp3) is 0.188. The summed E-state index contributed by atoms with van der Waals surface area (Å²) in [4.78, 5) is 12.1. The molecule has 2 heterocycles. The number of amides is 1. The van der Waals surface area contributed by atoms with Gasteiger partial charge >= 0.3 is 0 Å². The van der Waals surface area contributed by atoms with Crippen LogP contribution in [0.25, 0.3) is 0 Å². The number of hydrogen-bond donors (Lipinski definition) is 1. The summed E-state index contributed by atoms with van der Waals surface area (Å²) in [6.07, 6.45) is 3.53. The van der Waals surface area contributed by atoms with Crippen molar-refractivity contribution in [2.24, 2.45) is 0 Å². The van der Waals surface area contributed by atoms with Gasteiger partial charge in [-0.05, 0) is 46.6 Å². The lowest BCUT2D eigenvalue weighted by molar-refractivity contribution is -0.116. The van der Waals surface area contributed by atoms with Crippen molar-refractivity contribution in [1.29, 1.82) is 0 Å². The van der Waals surface area contributed by atoms with E-state index in [1.807, 2.05) is 19.1 Å². The fourth-order valence-corrected chi connectivity index (χ4v) is 3.14. The number of aromatic nitrogens is 4. The topological polar surface area (TPSA) is 64.7 Å². The summed E-state index contributed by atoms with van der Waals surface area (Å²) in [6, 6.07) is 7.15. The summed E-state index contributed by atoms with van der Waals surface area (Å²) in [7, 11) is 0. The molecule has 0 saturated carbocycles. The lowest BCUT2D eigenvalue weighted by atomic mass is 10.2. The monoisotopic (exact) mass is 441 g/mol. The van der Waals surface area contributed by atoms with Gasteiger partial charge in [-0.1, -0.05) is 29.3 Å². The predicted molar refractivity (Wildman–Crippen MR) is 101 cm³/mol. The average molecular weight is 443 g/mol. The van der Waals surface area contributed by atoms with E-state index in [4.69, 9.17) is 23.2 Å². The van der Waals surface area contributed by atoms with Crippen molar-refractivity contribution in [3.63, 3.8) is 0 Å². The summed E-state index contributed by atoms with van der Waals surface area (Å²) in [5.41, 5.74) is 1.74. The Bertz CT molecular complexity index is 921. The van der Waals surface area contributed by atoms with Gasteiger partial charge in [-0.25, -0.2) is 0 Å². The van der Waals surface area contributed by atoms with Crippen molar-refractivity contribution in [3.8, 4) is 0 Å². The van der Waals surface area contributed by atoms with Crippen molar-refractivity contribution in [3.05, 3.63) is 62.4 Å². The molecular formula is C16H14BrCl2N5O. The Hall–Kier alpha value is -1.83. The highest BCUT2D eigenvalue weighted by Crippen LogP contribution is 2.24. The van der Waals surface area contributed by atoms with Crippen molar-refractivity contribution >= 4 is 50.9 Å². The van der Waals surface area contributed by atoms with Gasteiger partial charge in [0.05, 0.1) is 16.7 Å². The van der Waals surface area contributed by atoms with Crippen LogP contribution in [0.5, 0.6) is 0 Å². The molecule has 0 bridgehead atoms. The molecule has 1 aromatic carbocycles. The van der Waals surface area contributed by atoms with Gasteiger partial charge in [0.15, 0.2) is 5.82 Å². The molecule has 0 saturated heterocycles. The Kier molecular flexibility index (Phi) is 5.46. The van der Waals surface area contributed by atoms with E-state index < -0.39 is 0 Å². The number of nitrogens with zero attached hydrogens (tertiary/aromatic N) is 4. The van der Waals surface area contributed by atoms with Gasteiger partial charge in [0.25, 0.3) is 0 Å². The number of aryl methyl sites for hydroxylation is 1. The highest BCUT2D eigenvalue weighted by atomic mass is 79.9. The zero-order valence-electron chi connectivity index (χ0n) is 13.2. The van der Waals surface area contributed by atoms with Crippen molar-refractivity contribution in [1.82, 2.24) is 19.6 Å². The maximum atomic E-state index is 12.1. The minimum atomic E-state index is -0.210. The number of benzene rings is 1. The number of carbonyl (C=O) groups is 1. The summed E-state index contributed by atoms with van der Waals surface area (Å²) >= 11 is 15.5. The standard InChI is InChI=1S/C16H14BrCl2N5O/c1-10-4-5-23(21-10)9-15(25)20-16-13(17)8-24(22-16)7-11-2-3-12(18)6-14(11)19/h2-6,8H,7,9H2,1H3,(H,20,22,25). The first-order chi connectivity index (χ1) is 11.9. The number of carbonyl (C=O) groups excluding carboxylic acids is 1. The smallest absolute Gasteiger partial charge is 0.247 e. The Morgan fingerprint density at radius 2 is 2.04 bits per heavy atom.